The summed E-state index contributed by atoms with van der Waals surface area (Å²) in [6.07, 6.45) is 8.06. The van der Waals surface area contributed by atoms with Gasteiger partial charge in [-0.15, -0.1) is 0 Å². The minimum absolute atomic E-state index is 0.310. The molecule has 0 bridgehead atoms. The Kier molecular flexibility index (Phi) is 8.80. The normalized spacial score (nSPS) is 15.6. The quantitative estimate of drug-likeness (QED) is 0.475. The molecule has 1 aromatic carbocycles. The molecule has 1 aliphatic rings. The lowest BCUT2D eigenvalue weighted by Crippen LogP contribution is -2.31. The van der Waals surface area contributed by atoms with Gasteiger partial charge in [-0.25, -0.2) is 0 Å². The Morgan fingerprint density at radius 1 is 1.16 bits per heavy atom. The van der Waals surface area contributed by atoms with E-state index in [0.717, 1.165) is 18.5 Å². The van der Waals surface area contributed by atoms with E-state index in [1.807, 2.05) is 18.2 Å². The van der Waals surface area contributed by atoms with E-state index < -0.39 is 6.10 Å². The van der Waals surface area contributed by atoms with Crippen molar-refractivity contribution in [1.82, 2.24) is 5.32 Å². The first-order valence-electron chi connectivity index (χ1n) is 9.08. The number of methoxy groups -OCH3 is 2. The summed E-state index contributed by atoms with van der Waals surface area (Å²) in [6, 6.07) is 5.68. The molecular formula is C20H31NO4. The van der Waals surface area contributed by atoms with Gasteiger partial charge < -0.3 is 24.6 Å². The molecule has 1 atom stereocenters. The number of aliphatic hydroxyl groups is 1. The number of ether oxygens (including phenoxy) is 3. The number of benzene rings is 1. The summed E-state index contributed by atoms with van der Waals surface area (Å²) >= 11 is 0. The van der Waals surface area contributed by atoms with Crippen LogP contribution in [0.2, 0.25) is 0 Å². The zero-order chi connectivity index (χ0) is 17.9. The van der Waals surface area contributed by atoms with Crippen molar-refractivity contribution >= 4 is 0 Å². The summed E-state index contributed by atoms with van der Waals surface area (Å²) < 4.78 is 16.1. The van der Waals surface area contributed by atoms with Gasteiger partial charge in [0, 0.05) is 6.54 Å². The Hall–Kier alpha value is -1.56. The first kappa shape index (κ1) is 19.8. The third-order valence-corrected chi connectivity index (χ3v) is 4.41. The van der Waals surface area contributed by atoms with E-state index in [2.05, 4.69) is 11.4 Å². The van der Waals surface area contributed by atoms with E-state index in [0.29, 0.717) is 31.3 Å². The third-order valence-electron chi connectivity index (χ3n) is 4.41. The van der Waals surface area contributed by atoms with E-state index in [1.165, 1.54) is 25.7 Å². The number of rotatable bonds is 11. The highest BCUT2D eigenvalue weighted by Gasteiger charge is 2.08. The van der Waals surface area contributed by atoms with E-state index in [1.54, 1.807) is 19.8 Å². The number of nitrogens with one attached hydrogen (secondary N) is 1. The zero-order valence-electron chi connectivity index (χ0n) is 15.4. The molecule has 1 aromatic rings. The molecule has 0 radical (unpaired) electrons. The van der Waals surface area contributed by atoms with Crippen LogP contribution in [0.25, 0.3) is 0 Å². The lowest BCUT2D eigenvalue weighted by molar-refractivity contribution is 0.0289. The van der Waals surface area contributed by atoms with Crippen molar-refractivity contribution in [3.05, 3.63) is 35.4 Å². The van der Waals surface area contributed by atoms with Gasteiger partial charge in [0.2, 0.25) is 0 Å². The molecule has 0 heterocycles. The van der Waals surface area contributed by atoms with Gasteiger partial charge in [0.1, 0.15) is 0 Å². The lowest BCUT2D eigenvalue weighted by Gasteiger charge is -2.15. The predicted molar refractivity (Wildman–Crippen MR) is 99.2 cm³/mol. The molecule has 5 heteroatoms. The van der Waals surface area contributed by atoms with E-state index in [4.69, 9.17) is 14.2 Å². The molecular weight excluding hydrogens is 318 g/mol. The van der Waals surface area contributed by atoms with Gasteiger partial charge in [-0.1, -0.05) is 17.7 Å². The summed E-state index contributed by atoms with van der Waals surface area (Å²) in [5.74, 6) is 1.38. The predicted octanol–water partition coefficient (Wildman–Crippen LogP) is 3.06. The van der Waals surface area contributed by atoms with Crippen molar-refractivity contribution in [2.75, 3.05) is 33.9 Å². The van der Waals surface area contributed by atoms with Gasteiger partial charge in [-0.2, -0.15) is 0 Å². The number of allylic oxidation sites excluding steroid dienone is 1. The molecule has 1 unspecified atom stereocenters. The summed E-state index contributed by atoms with van der Waals surface area (Å²) in [6.45, 7) is 2.21. The molecule has 5 nitrogen and oxygen atoms in total. The Balaban J connectivity index is 1.60. The smallest absolute Gasteiger partial charge is 0.161 e. The van der Waals surface area contributed by atoms with Crippen molar-refractivity contribution in [2.24, 2.45) is 0 Å². The summed E-state index contributed by atoms with van der Waals surface area (Å²) in [4.78, 5) is 0. The van der Waals surface area contributed by atoms with Gasteiger partial charge >= 0.3 is 0 Å². The second kappa shape index (κ2) is 11.1. The lowest BCUT2D eigenvalue weighted by atomic mass is 9.97. The zero-order valence-corrected chi connectivity index (χ0v) is 15.4. The molecule has 1 aliphatic carbocycles. The maximum Gasteiger partial charge on any atom is 0.161 e. The average Bonchev–Trinajstić information content (AvgIpc) is 2.66. The van der Waals surface area contributed by atoms with Gasteiger partial charge in [0.05, 0.1) is 33.5 Å². The molecule has 0 amide bonds. The van der Waals surface area contributed by atoms with Crippen LogP contribution in [-0.2, 0) is 11.3 Å². The molecule has 0 spiro atoms. The number of hydrogen-bond donors (Lipinski definition) is 2. The van der Waals surface area contributed by atoms with Crippen molar-refractivity contribution in [3.63, 3.8) is 0 Å². The van der Waals surface area contributed by atoms with Gasteiger partial charge in [0.25, 0.3) is 0 Å². The molecule has 25 heavy (non-hydrogen) atoms. The second-order valence-electron chi connectivity index (χ2n) is 6.42. The Bertz CT molecular complexity index is 544. The Morgan fingerprint density at radius 3 is 2.72 bits per heavy atom. The summed E-state index contributed by atoms with van der Waals surface area (Å²) in [5, 5.41) is 13.3. The van der Waals surface area contributed by atoms with Crippen molar-refractivity contribution in [2.45, 2.75) is 44.8 Å². The van der Waals surface area contributed by atoms with Crippen LogP contribution in [0.4, 0.5) is 0 Å². The molecule has 0 saturated heterocycles. The number of aliphatic hydroxyl groups excluding tert-OH is 1. The van der Waals surface area contributed by atoms with Crippen LogP contribution in [0.15, 0.2) is 29.8 Å². The molecule has 0 saturated carbocycles. The highest BCUT2D eigenvalue weighted by molar-refractivity contribution is 5.42. The van der Waals surface area contributed by atoms with Crippen LogP contribution in [0.5, 0.6) is 11.5 Å². The van der Waals surface area contributed by atoms with Crippen molar-refractivity contribution < 1.29 is 19.3 Å². The minimum Gasteiger partial charge on any atom is -0.493 e. The standard InChI is InChI=1S/C20H31NO4/c1-23-19-9-8-17(12-20(19)24-2)14-25-15-18(22)13-21-11-10-16-6-4-3-5-7-16/h6,8-9,12,18,21-22H,3-5,7,10-11,13-15H2,1-2H3. The first-order valence-corrected chi connectivity index (χ1v) is 9.08. The third kappa shape index (κ3) is 7.06. The van der Waals surface area contributed by atoms with Gasteiger partial charge in [0.15, 0.2) is 11.5 Å². The van der Waals surface area contributed by atoms with Crippen molar-refractivity contribution in [3.8, 4) is 11.5 Å². The average molecular weight is 349 g/mol. The van der Waals surface area contributed by atoms with Crippen LogP contribution in [0, 0.1) is 0 Å². The monoisotopic (exact) mass is 349 g/mol. The van der Waals surface area contributed by atoms with Gasteiger partial charge in [-0.3, -0.25) is 0 Å². The molecule has 140 valence electrons. The number of hydrogen-bond acceptors (Lipinski definition) is 5. The van der Waals surface area contributed by atoms with Crippen LogP contribution in [-0.4, -0.2) is 45.1 Å². The fourth-order valence-corrected chi connectivity index (χ4v) is 2.99. The van der Waals surface area contributed by atoms with Crippen LogP contribution >= 0.6 is 0 Å². The molecule has 2 N–H and O–H groups in total. The fraction of sp³-hybridized carbons (Fsp3) is 0.600. The maximum atomic E-state index is 10.0. The largest absolute Gasteiger partial charge is 0.493 e. The molecule has 0 fully saturated rings. The van der Waals surface area contributed by atoms with Crippen LogP contribution < -0.4 is 14.8 Å². The molecule has 0 aliphatic heterocycles. The van der Waals surface area contributed by atoms with Crippen LogP contribution in [0.3, 0.4) is 0 Å². The highest BCUT2D eigenvalue weighted by Crippen LogP contribution is 2.27. The fourth-order valence-electron chi connectivity index (χ4n) is 2.99. The Labute approximate surface area is 151 Å². The minimum atomic E-state index is -0.500. The first-order chi connectivity index (χ1) is 12.2. The van der Waals surface area contributed by atoms with E-state index >= 15 is 0 Å². The Morgan fingerprint density at radius 2 is 2.00 bits per heavy atom. The maximum absolute atomic E-state index is 10.0. The van der Waals surface area contributed by atoms with E-state index in [9.17, 15) is 5.11 Å². The summed E-state index contributed by atoms with van der Waals surface area (Å²) in [5.41, 5.74) is 2.54. The molecule has 0 aromatic heterocycles. The van der Waals surface area contributed by atoms with E-state index in [-0.39, 0.29) is 0 Å². The van der Waals surface area contributed by atoms with Crippen LogP contribution in [0.1, 0.15) is 37.7 Å². The highest BCUT2D eigenvalue weighted by atomic mass is 16.5. The molecule has 2 rings (SSSR count). The topological polar surface area (TPSA) is 60.0 Å². The second-order valence-corrected chi connectivity index (χ2v) is 6.42. The van der Waals surface area contributed by atoms with Gasteiger partial charge in [-0.05, 0) is 56.3 Å². The summed E-state index contributed by atoms with van der Waals surface area (Å²) in [7, 11) is 3.23. The van der Waals surface area contributed by atoms with Crippen molar-refractivity contribution in [1.29, 1.82) is 0 Å². The SMILES string of the molecule is COc1ccc(COCC(O)CNCCC2=CCCCC2)cc1OC.